The minimum Gasteiger partial charge on any atom is -0.310 e. The highest BCUT2D eigenvalue weighted by atomic mass is 15.2. The van der Waals surface area contributed by atoms with Crippen LogP contribution in [-0.2, 0) is 0 Å². The van der Waals surface area contributed by atoms with Crippen LogP contribution >= 0.6 is 0 Å². The highest BCUT2D eigenvalue weighted by molar-refractivity contribution is 4.98. The Balaban J connectivity index is 2.67. The molecular formula is C14H28N2. The Morgan fingerprint density at radius 3 is 2.75 bits per heavy atom. The Morgan fingerprint density at radius 2 is 2.19 bits per heavy atom. The molecule has 0 aromatic carbocycles. The molecule has 1 aliphatic heterocycles. The molecule has 0 spiro atoms. The highest BCUT2D eigenvalue weighted by Gasteiger charge is 2.29. The maximum absolute atomic E-state index is 3.69. The van der Waals surface area contributed by atoms with Crippen LogP contribution < -0.4 is 5.32 Å². The van der Waals surface area contributed by atoms with Crippen molar-refractivity contribution in [2.75, 3.05) is 19.6 Å². The minimum absolute atomic E-state index is 0.292. The van der Waals surface area contributed by atoms with Gasteiger partial charge in [0, 0.05) is 24.7 Å². The molecule has 1 heterocycles. The van der Waals surface area contributed by atoms with Crippen molar-refractivity contribution < 1.29 is 0 Å². The van der Waals surface area contributed by atoms with Gasteiger partial charge < -0.3 is 5.32 Å². The van der Waals surface area contributed by atoms with Gasteiger partial charge in [0.25, 0.3) is 0 Å². The molecule has 0 aliphatic carbocycles. The summed E-state index contributed by atoms with van der Waals surface area (Å²) in [5.41, 5.74) is 1.71. The van der Waals surface area contributed by atoms with E-state index in [4.69, 9.17) is 0 Å². The average molecular weight is 224 g/mol. The molecule has 1 saturated heterocycles. The van der Waals surface area contributed by atoms with Gasteiger partial charge in [-0.15, -0.1) is 0 Å². The second kappa shape index (κ2) is 5.83. The second-order valence-electron chi connectivity index (χ2n) is 5.69. The largest absolute Gasteiger partial charge is 0.310 e. The van der Waals surface area contributed by atoms with E-state index in [0.717, 1.165) is 19.6 Å². The maximum Gasteiger partial charge on any atom is 0.0278 e. The van der Waals surface area contributed by atoms with Crippen LogP contribution in [0, 0.1) is 0 Å². The number of nitrogens with one attached hydrogen (secondary N) is 1. The van der Waals surface area contributed by atoms with Crippen LogP contribution in [0.15, 0.2) is 11.6 Å². The lowest BCUT2D eigenvalue weighted by Crippen LogP contribution is -2.49. The summed E-state index contributed by atoms with van der Waals surface area (Å²) in [4.78, 5) is 2.61. The lowest BCUT2D eigenvalue weighted by molar-refractivity contribution is 0.188. The molecule has 0 saturated carbocycles. The number of hydrogen-bond acceptors (Lipinski definition) is 2. The van der Waals surface area contributed by atoms with Crippen LogP contribution in [0.1, 0.15) is 47.5 Å². The van der Waals surface area contributed by atoms with Crippen LogP contribution in [0.4, 0.5) is 0 Å². The Bertz CT molecular complexity index is 243. The van der Waals surface area contributed by atoms with Gasteiger partial charge in [0.05, 0.1) is 0 Å². The topological polar surface area (TPSA) is 15.3 Å². The number of allylic oxidation sites excluding steroid dienone is 1. The zero-order valence-corrected chi connectivity index (χ0v) is 11.6. The third-order valence-electron chi connectivity index (χ3n) is 3.80. The molecule has 0 bridgehead atoms. The molecule has 2 heteroatoms. The van der Waals surface area contributed by atoms with Crippen molar-refractivity contribution in [1.29, 1.82) is 0 Å². The molecule has 2 atom stereocenters. The smallest absolute Gasteiger partial charge is 0.0278 e. The first-order valence-electron chi connectivity index (χ1n) is 6.59. The summed E-state index contributed by atoms with van der Waals surface area (Å²) in [5.74, 6) is 0. The lowest BCUT2D eigenvalue weighted by Gasteiger charge is -2.34. The maximum atomic E-state index is 3.69. The van der Waals surface area contributed by atoms with Gasteiger partial charge in [0.2, 0.25) is 0 Å². The van der Waals surface area contributed by atoms with Gasteiger partial charge in [-0.1, -0.05) is 18.6 Å². The Kier molecular flexibility index (Phi) is 5.00. The standard InChI is InChI=1S/C14H28N2/c1-6-14(5)11-16(10-8-12(2)3)13(4)7-9-15-14/h8,13,15H,6-7,9-11H2,1-5H3. The van der Waals surface area contributed by atoms with Crippen LogP contribution in [0.25, 0.3) is 0 Å². The van der Waals surface area contributed by atoms with Gasteiger partial charge in [-0.25, -0.2) is 0 Å². The predicted octanol–water partition coefficient (Wildman–Crippen LogP) is 2.81. The number of rotatable bonds is 3. The van der Waals surface area contributed by atoms with Gasteiger partial charge in [-0.05, 0) is 47.1 Å². The summed E-state index contributed by atoms with van der Waals surface area (Å²) in [6, 6.07) is 0.691. The summed E-state index contributed by atoms with van der Waals surface area (Å²) >= 11 is 0. The Hall–Kier alpha value is -0.340. The van der Waals surface area contributed by atoms with Gasteiger partial charge in [-0.3, -0.25) is 4.90 Å². The third-order valence-corrected chi connectivity index (χ3v) is 3.80. The van der Waals surface area contributed by atoms with Crippen molar-refractivity contribution in [1.82, 2.24) is 10.2 Å². The van der Waals surface area contributed by atoms with E-state index in [2.05, 4.69) is 50.9 Å². The van der Waals surface area contributed by atoms with E-state index in [9.17, 15) is 0 Å². The summed E-state index contributed by atoms with van der Waals surface area (Å²) in [7, 11) is 0. The van der Waals surface area contributed by atoms with Crippen LogP contribution in [-0.4, -0.2) is 36.1 Å². The molecule has 1 aliphatic rings. The third kappa shape index (κ3) is 3.91. The average Bonchev–Trinajstić information content (AvgIpc) is 2.36. The van der Waals surface area contributed by atoms with E-state index in [-0.39, 0.29) is 0 Å². The summed E-state index contributed by atoms with van der Waals surface area (Å²) < 4.78 is 0. The SMILES string of the molecule is CCC1(C)CN(CC=C(C)C)C(C)CCN1. The van der Waals surface area contributed by atoms with Crippen molar-refractivity contribution >= 4 is 0 Å². The molecule has 0 aromatic heterocycles. The van der Waals surface area contributed by atoms with Crippen molar-refractivity contribution in [3.63, 3.8) is 0 Å². The van der Waals surface area contributed by atoms with Crippen molar-refractivity contribution in [3.05, 3.63) is 11.6 Å². The molecule has 1 fully saturated rings. The first kappa shape index (κ1) is 13.7. The van der Waals surface area contributed by atoms with E-state index in [1.165, 1.54) is 18.4 Å². The van der Waals surface area contributed by atoms with E-state index < -0.39 is 0 Å². The molecule has 2 nitrogen and oxygen atoms in total. The lowest BCUT2D eigenvalue weighted by atomic mass is 9.98. The molecule has 0 radical (unpaired) electrons. The fourth-order valence-corrected chi connectivity index (χ4v) is 2.21. The molecule has 2 unspecified atom stereocenters. The van der Waals surface area contributed by atoms with Crippen molar-refractivity contribution in [3.8, 4) is 0 Å². The molecule has 94 valence electrons. The van der Waals surface area contributed by atoms with Crippen LogP contribution in [0.5, 0.6) is 0 Å². The minimum atomic E-state index is 0.292. The van der Waals surface area contributed by atoms with E-state index >= 15 is 0 Å². The first-order chi connectivity index (χ1) is 7.47. The highest BCUT2D eigenvalue weighted by Crippen LogP contribution is 2.18. The summed E-state index contributed by atoms with van der Waals surface area (Å²) in [6.45, 7) is 14.7. The fourth-order valence-electron chi connectivity index (χ4n) is 2.21. The predicted molar refractivity (Wildman–Crippen MR) is 71.8 cm³/mol. The molecule has 1 N–H and O–H groups in total. The van der Waals surface area contributed by atoms with Gasteiger partial charge in [-0.2, -0.15) is 0 Å². The van der Waals surface area contributed by atoms with Crippen molar-refractivity contribution in [2.45, 2.75) is 59.0 Å². The molecule has 0 amide bonds. The quantitative estimate of drug-likeness (QED) is 0.742. The molecule has 0 aromatic rings. The van der Waals surface area contributed by atoms with Gasteiger partial charge in [0.15, 0.2) is 0 Å². The number of hydrogen-bond donors (Lipinski definition) is 1. The summed E-state index contributed by atoms with van der Waals surface area (Å²) in [5, 5.41) is 3.69. The Morgan fingerprint density at radius 1 is 1.50 bits per heavy atom. The summed E-state index contributed by atoms with van der Waals surface area (Å²) in [6.07, 6.45) is 4.80. The van der Waals surface area contributed by atoms with E-state index in [1.54, 1.807) is 0 Å². The van der Waals surface area contributed by atoms with E-state index in [1.807, 2.05) is 0 Å². The zero-order valence-electron chi connectivity index (χ0n) is 11.6. The Labute approximate surface area is 101 Å². The molecular weight excluding hydrogens is 196 g/mol. The molecule has 16 heavy (non-hydrogen) atoms. The normalized spacial score (nSPS) is 32.2. The van der Waals surface area contributed by atoms with Crippen LogP contribution in [0.2, 0.25) is 0 Å². The van der Waals surface area contributed by atoms with Gasteiger partial charge in [0.1, 0.15) is 0 Å². The van der Waals surface area contributed by atoms with Gasteiger partial charge >= 0.3 is 0 Å². The van der Waals surface area contributed by atoms with Crippen molar-refractivity contribution in [2.24, 2.45) is 0 Å². The van der Waals surface area contributed by atoms with E-state index in [0.29, 0.717) is 11.6 Å². The zero-order chi connectivity index (χ0) is 12.2. The number of nitrogens with zero attached hydrogens (tertiary/aromatic N) is 1. The fraction of sp³-hybridized carbons (Fsp3) is 0.857. The second-order valence-corrected chi connectivity index (χ2v) is 5.69. The van der Waals surface area contributed by atoms with Crippen LogP contribution in [0.3, 0.4) is 0 Å². The molecule has 1 rings (SSSR count). The monoisotopic (exact) mass is 224 g/mol. The first-order valence-corrected chi connectivity index (χ1v) is 6.59.